The van der Waals surface area contributed by atoms with Crippen LogP contribution in [0.4, 0.5) is 23.4 Å². The minimum atomic E-state index is -4.41. The van der Waals surface area contributed by atoms with Gasteiger partial charge in [0.25, 0.3) is 10.2 Å². The molecule has 5 rings (SSSR count). The number of nitrogens with one attached hydrogen (secondary N) is 1. The zero-order valence-corrected chi connectivity index (χ0v) is 22.2. The third-order valence-corrected chi connectivity index (χ3v) is 9.68. The van der Waals surface area contributed by atoms with Crippen molar-refractivity contribution in [2.24, 2.45) is 11.8 Å². The Morgan fingerprint density at radius 2 is 1.79 bits per heavy atom. The highest BCUT2D eigenvalue weighted by Gasteiger charge is 2.51. The van der Waals surface area contributed by atoms with Crippen molar-refractivity contribution in [2.75, 3.05) is 37.7 Å². The Hall–Kier alpha value is -2.35. The molecule has 0 spiro atoms. The van der Waals surface area contributed by atoms with Gasteiger partial charge >= 0.3 is 6.18 Å². The molecule has 8 nitrogen and oxygen atoms in total. The van der Waals surface area contributed by atoms with Crippen LogP contribution in [-0.4, -0.2) is 74.0 Å². The minimum absolute atomic E-state index is 0.233. The molecule has 0 unspecified atom stereocenters. The van der Waals surface area contributed by atoms with Crippen LogP contribution in [-0.2, 0) is 14.9 Å². The Kier molecular flexibility index (Phi) is 8.41. The molecular weight excluding hydrogens is 538 g/mol. The second-order valence-electron chi connectivity index (χ2n) is 10.7. The summed E-state index contributed by atoms with van der Waals surface area (Å²) in [6.45, 7) is 0.160. The second kappa shape index (κ2) is 11.6. The van der Waals surface area contributed by atoms with Crippen molar-refractivity contribution in [3.8, 4) is 0 Å². The molecule has 1 saturated carbocycles. The van der Waals surface area contributed by atoms with E-state index < -0.39 is 47.5 Å². The Bertz CT molecular complexity index is 1210. The number of hydrogen-bond donors (Lipinski definition) is 1. The third kappa shape index (κ3) is 6.87. The fraction of sp³-hybridized carbons (Fsp3) is 0.615. The molecule has 2 aromatic rings. The standard InChI is InChI=1S/C26H33F4N5O3S/c27-22-4-1-3-20(13-22)19-8-6-18(7-9-19)17-38-24-16-34(25-5-2-11-31-32-25)12-10-23(24)33-39(36,37)35-14-21(15-35)26(28,29)30/h1-5,11,13,18-19,21,23-24,33H,6-10,12,14-17H2/t18?,19?,23-,24+/m0/s1. The summed E-state index contributed by atoms with van der Waals surface area (Å²) in [6.07, 6.45) is 0.695. The minimum Gasteiger partial charge on any atom is -0.374 e. The van der Waals surface area contributed by atoms with Crippen LogP contribution in [0, 0.1) is 17.7 Å². The van der Waals surface area contributed by atoms with Crippen LogP contribution in [0.25, 0.3) is 0 Å². The zero-order chi connectivity index (χ0) is 27.6. The Balaban J connectivity index is 1.20. The van der Waals surface area contributed by atoms with Gasteiger partial charge in [0, 0.05) is 39.0 Å². The summed E-state index contributed by atoms with van der Waals surface area (Å²) in [5, 5.41) is 8.07. The molecule has 3 aliphatic rings. The molecule has 1 aliphatic carbocycles. The maximum atomic E-state index is 13.6. The van der Waals surface area contributed by atoms with Gasteiger partial charge in [-0.25, -0.2) is 4.39 Å². The summed E-state index contributed by atoms with van der Waals surface area (Å²) in [6, 6.07) is 9.73. The smallest absolute Gasteiger partial charge is 0.374 e. The molecule has 2 aliphatic heterocycles. The molecule has 1 N–H and O–H groups in total. The van der Waals surface area contributed by atoms with Crippen molar-refractivity contribution in [3.05, 3.63) is 54.0 Å². The number of rotatable bonds is 8. The van der Waals surface area contributed by atoms with Crippen molar-refractivity contribution in [3.63, 3.8) is 0 Å². The predicted octanol–water partition coefficient (Wildman–Crippen LogP) is 3.88. The van der Waals surface area contributed by atoms with Gasteiger partial charge in [-0.15, -0.1) is 5.10 Å². The SMILES string of the molecule is O=S(=O)(N[C@H]1CCN(c2cccnn2)C[C@H]1OCC1CCC(c2cccc(F)c2)CC1)N1CC(C(F)(F)F)C1. The quantitative estimate of drug-likeness (QED) is 0.484. The first kappa shape index (κ1) is 28.2. The van der Waals surface area contributed by atoms with E-state index in [0.29, 0.717) is 37.9 Å². The van der Waals surface area contributed by atoms with Gasteiger partial charge in [-0.1, -0.05) is 12.1 Å². The van der Waals surface area contributed by atoms with Crippen molar-refractivity contribution in [1.29, 1.82) is 0 Å². The monoisotopic (exact) mass is 571 g/mol. The first-order chi connectivity index (χ1) is 18.6. The molecular formula is C26H33F4N5O3S. The van der Waals surface area contributed by atoms with Crippen LogP contribution >= 0.6 is 0 Å². The topological polar surface area (TPSA) is 87.7 Å². The molecule has 3 fully saturated rings. The summed E-state index contributed by atoms with van der Waals surface area (Å²) in [4.78, 5) is 1.98. The fourth-order valence-corrected chi connectivity index (χ4v) is 7.23. The lowest BCUT2D eigenvalue weighted by atomic mass is 9.79. The largest absolute Gasteiger partial charge is 0.394 e. The molecule has 3 heterocycles. The first-order valence-electron chi connectivity index (χ1n) is 13.3. The zero-order valence-electron chi connectivity index (χ0n) is 21.4. The van der Waals surface area contributed by atoms with Gasteiger partial charge in [0.1, 0.15) is 5.82 Å². The molecule has 2 saturated heterocycles. The number of halogens is 4. The Morgan fingerprint density at radius 3 is 2.46 bits per heavy atom. The average Bonchev–Trinajstić information content (AvgIpc) is 2.87. The molecule has 0 radical (unpaired) electrons. The van der Waals surface area contributed by atoms with Crippen LogP contribution in [0.15, 0.2) is 42.6 Å². The van der Waals surface area contributed by atoms with E-state index in [-0.39, 0.29) is 11.7 Å². The van der Waals surface area contributed by atoms with Crippen molar-refractivity contribution in [2.45, 2.75) is 56.3 Å². The molecule has 0 amide bonds. The van der Waals surface area contributed by atoms with Crippen molar-refractivity contribution in [1.82, 2.24) is 19.2 Å². The normalized spacial score (nSPS) is 27.3. The number of hydrogen-bond acceptors (Lipinski definition) is 6. The number of nitrogens with zero attached hydrogens (tertiary/aromatic N) is 4. The summed E-state index contributed by atoms with van der Waals surface area (Å²) < 4.78 is 87.9. The lowest BCUT2D eigenvalue weighted by Gasteiger charge is -2.43. The number of benzene rings is 1. The van der Waals surface area contributed by atoms with E-state index in [9.17, 15) is 26.0 Å². The molecule has 1 aromatic heterocycles. The van der Waals surface area contributed by atoms with Gasteiger partial charge in [-0.3, -0.25) is 0 Å². The van der Waals surface area contributed by atoms with E-state index in [2.05, 4.69) is 14.9 Å². The summed E-state index contributed by atoms with van der Waals surface area (Å²) in [5.74, 6) is -0.637. The Morgan fingerprint density at radius 1 is 1.03 bits per heavy atom. The predicted molar refractivity (Wildman–Crippen MR) is 137 cm³/mol. The fourth-order valence-electron chi connectivity index (χ4n) is 5.68. The first-order valence-corrected chi connectivity index (χ1v) is 14.8. The molecule has 39 heavy (non-hydrogen) atoms. The molecule has 13 heteroatoms. The summed E-state index contributed by atoms with van der Waals surface area (Å²) in [7, 11) is -4.09. The van der Waals surface area contributed by atoms with Gasteiger partial charge in [-0.05, 0) is 73.8 Å². The highest BCUT2D eigenvalue weighted by atomic mass is 32.2. The van der Waals surface area contributed by atoms with Gasteiger partial charge in [-0.2, -0.15) is 35.7 Å². The van der Waals surface area contributed by atoms with Crippen molar-refractivity contribution >= 4 is 16.0 Å². The summed E-state index contributed by atoms with van der Waals surface area (Å²) >= 11 is 0. The molecule has 0 bridgehead atoms. The lowest BCUT2D eigenvalue weighted by Crippen LogP contribution is -2.62. The number of aromatic nitrogens is 2. The summed E-state index contributed by atoms with van der Waals surface area (Å²) in [5.41, 5.74) is 1.01. The van der Waals surface area contributed by atoms with E-state index in [0.717, 1.165) is 35.6 Å². The Labute approximate surface area is 225 Å². The second-order valence-corrected chi connectivity index (χ2v) is 12.4. The number of piperidine rings is 1. The third-order valence-electron chi connectivity index (χ3n) is 8.11. The maximum absolute atomic E-state index is 13.6. The number of anilines is 1. The van der Waals surface area contributed by atoms with Gasteiger partial charge < -0.3 is 9.64 Å². The van der Waals surface area contributed by atoms with E-state index in [1.807, 2.05) is 17.0 Å². The number of alkyl halides is 3. The van der Waals surface area contributed by atoms with Gasteiger partial charge in [0.05, 0.1) is 18.1 Å². The average molecular weight is 572 g/mol. The lowest BCUT2D eigenvalue weighted by molar-refractivity contribution is -0.198. The van der Waals surface area contributed by atoms with E-state index in [1.54, 1.807) is 24.4 Å². The van der Waals surface area contributed by atoms with Crippen LogP contribution in [0.2, 0.25) is 0 Å². The van der Waals surface area contributed by atoms with Gasteiger partial charge in [0.15, 0.2) is 5.82 Å². The highest BCUT2D eigenvalue weighted by molar-refractivity contribution is 7.87. The van der Waals surface area contributed by atoms with Crippen LogP contribution in [0.3, 0.4) is 0 Å². The highest BCUT2D eigenvalue weighted by Crippen LogP contribution is 2.37. The van der Waals surface area contributed by atoms with E-state index in [4.69, 9.17) is 4.74 Å². The van der Waals surface area contributed by atoms with Gasteiger partial charge in [0.2, 0.25) is 0 Å². The molecule has 1 aromatic carbocycles. The van der Waals surface area contributed by atoms with Crippen LogP contribution in [0.5, 0.6) is 0 Å². The number of ether oxygens (including phenoxy) is 1. The van der Waals surface area contributed by atoms with Crippen molar-refractivity contribution < 1.29 is 30.7 Å². The molecule has 2 atom stereocenters. The van der Waals surface area contributed by atoms with E-state index in [1.165, 1.54) is 6.07 Å². The van der Waals surface area contributed by atoms with E-state index >= 15 is 0 Å². The molecule has 214 valence electrons. The van der Waals surface area contributed by atoms with Crippen LogP contribution in [0.1, 0.15) is 43.6 Å². The maximum Gasteiger partial charge on any atom is 0.394 e. The van der Waals surface area contributed by atoms with Crippen LogP contribution < -0.4 is 9.62 Å².